The van der Waals surface area contributed by atoms with E-state index in [1.165, 1.54) is 24.3 Å². The van der Waals surface area contributed by atoms with Crippen LogP contribution < -0.4 is 10.1 Å². The van der Waals surface area contributed by atoms with Gasteiger partial charge in [0.15, 0.2) is 0 Å². The number of carbonyl (C=O) groups excluding carboxylic acids is 1. The van der Waals surface area contributed by atoms with E-state index >= 15 is 0 Å². The van der Waals surface area contributed by atoms with Gasteiger partial charge in [0.25, 0.3) is 11.6 Å². The summed E-state index contributed by atoms with van der Waals surface area (Å²) in [7, 11) is 0. The maximum atomic E-state index is 12.4. The zero-order valence-corrected chi connectivity index (χ0v) is 12.3. The minimum atomic E-state index is -0.779. The molecule has 1 amide bonds. The lowest BCUT2D eigenvalue weighted by Gasteiger charge is -2.19. The number of non-ortho nitro benzene ring substituents is 1. The van der Waals surface area contributed by atoms with Gasteiger partial charge in [-0.3, -0.25) is 14.9 Å². The van der Waals surface area contributed by atoms with Gasteiger partial charge in [0.05, 0.1) is 4.92 Å². The van der Waals surface area contributed by atoms with E-state index in [-0.39, 0.29) is 17.6 Å². The van der Waals surface area contributed by atoms with Crippen LogP contribution in [-0.2, 0) is 4.79 Å². The number of nitro benzene ring substituents is 1. The summed E-state index contributed by atoms with van der Waals surface area (Å²) in [6, 6.07) is 15.1. The van der Waals surface area contributed by atoms with Gasteiger partial charge in [-0.25, -0.2) is 0 Å². The monoisotopic (exact) mass is 312 g/mol. The third-order valence-electron chi connectivity index (χ3n) is 3.57. The number of benzene rings is 2. The molecule has 0 spiro atoms. The maximum absolute atomic E-state index is 12.4. The second-order valence-electron chi connectivity index (χ2n) is 5.44. The van der Waals surface area contributed by atoms with Crippen LogP contribution in [0.4, 0.5) is 5.69 Å². The first-order valence-corrected chi connectivity index (χ1v) is 7.40. The van der Waals surface area contributed by atoms with Crippen LogP contribution in [0.1, 0.15) is 24.5 Å². The molecule has 1 aliphatic carbocycles. The Labute approximate surface area is 133 Å². The Bertz CT molecular complexity index is 696. The van der Waals surface area contributed by atoms with Crippen molar-refractivity contribution in [3.05, 3.63) is 70.3 Å². The lowest BCUT2D eigenvalue weighted by molar-refractivity contribution is -0.384. The second kappa shape index (κ2) is 6.48. The van der Waals surface area contributed by atoms with E-state index in [4.69, 9.17) is 4.74 Å². The number of nitro groups is 1. The third-order valence-corrected chi connectivity index (χ3v) is 3.57. The van der Waals surface area contributed by atoms with Crippen LogP contribution in [0.3, 0.4) is 0 Å². The van der Waals surface area contributed by atoms with Gasteiger partial charge in [-0.2, -0.15) is 0 Å². The molecule has 23 heavy (non-hydrogen) atoms. The Morgan fingerprint density at radius 3 is 2.35 bits per heavy atom. The smallest absolute Gasteiger partial charge is 0.269 e. The van der Waals surface area contributed by atoms with Crippen LogP contribution >= 0.6 is 0 Å². The number of ether oxygens (including phenoxy) is 1. The Hall–Kier alpha value is -2.89. The summed E-state index contributed by atoms with van der Waals surface area (Å²) in [6.45, 7) is 0. The standard InChI is InChI=1S/C17H16N2O4/c20-17(18-13-6-7-13)16(12-4-2-1-3-5-12)23-15-10-8-14(9-11-15)19(21)22/h1-5,8-11,13,16H,6-7H2,(H,18,20)/t16-/m0/s1. The van der Waals surface area contributed by atoms with Crippen molar-refractivity contribution in [1.82, 2.24) is 5.32 Å². The zero-order chi connectivity index (χ0) is 16.2. The highest BCUT2D eigenvalue weighted by molar-refractivity contribution is 5.83. The highest BCUT2D eigenvalue weighted by Gasteiger charge is 2.29. The number of hydrogen-bond acceptors (Lipinski definition) is 4. The third kappa shape index (κ3) is 3.85. The van der Waals surface area contributed by atoms with Gasteiger partial charge in [-0.15, -0.1) is 0 Å². The van der Waals surface area contributed by atoms with Gasteiger partial charge in [-0.05, 0) is 25.0 Å². The Morgan fingerprint density at radius 2 is 1.78 bits per heavy atom. The fourth-order valence-electron chi connectivity index (χ4n) is 2.19. The molecular formula is C17H16N2O4. The van der Waals surface area contributed by atoms with E-state index in [0.29, 0.717) is 5.75 Å². The first-order chi connectivity index (χ1) is 11.1. The molecule has 0 heterocycles. The first-order valence-electron chi connectivity index (χ1n) is 7.40. The normalized spacial score (nSPS) is 14.8. The van der Waals surface area contributed by atoms with Crippen LogP contribution in [0.2, 0.25) is 0 Å². The van der Waals surface area contributed by atoms with Gasteiger partial charge in [0.2, 0.25) is 6.10 Å². The average molecular weight is 312 g/mol. The molecule has 0 radical (unpaired) electrons. The second-order valence-corrected chi connectivity index (χ2v) is 5.44. The van der Waals surface area contributed by atoms with E-state index in [1.54, 1.807) is 0 Å². The minimum Gasteiger partial charge on any atom is -0.476 e. The molecule has 0 bridgehead atoms. The van der Waals surface area contributed by atoms with Gasteiger partial charge in [0.1, 0.15) is 5.75 Å². The number of hydrogen-bond donors (Lipinski definition) is 1. The summed E-state index contributed by atoms with van der Waals surface area (Å²) in [4.78, 5) is 22.6. The van der Waals surface area contributed by atoms with E-state index < -0.39 is 11.0 Å². The molecule has 2 aromatic rings. The summed E-state index contributed by atoms with van der Waals surface area (Å²) in [6.07, 6.45) is 1.20. The highest BCUT2D eigenvalue weighted by Crippen LogP contribution is 2.26. The van der Waals surface area contributed by atoms with Gasteiger partial charge < -0.3 is 10.1 Å². The van der Waals surface area contributed by atoms with E-state index in [9.17, 15) is 14.9 Å². The van der Waals surface area contributed by atoms with Crippen LogP contribution in [0.5, 0.6) is 5.75 Å². The summed E-state index contributed by atoms with van der Waals surface area (Å²) in [5.74, 6) is 0.215. The van der Waals surface area contributed by atoms with Crippen molar-refractivity contribution in [2.24, 2.45) is 0 Å². The van der Waals surface area contributed by atoms with Crippen molar-refractivity contribution in [2.75, 3.05) is 0 Å². The topological polar surface area (TPSA) is 81.5 Å². The molecule has 1 N–H and O–H groups in total. The van der Waals surface area contributed by atoms with Gasteiger partial charge >= 0.3 is 0 Å². The summed E-state index contributed by atoms with van der Waals surface area (Å²) in [5.41, 5.74) is 0.722. The molecule has 0 saturated heterocycles. The van der Waals surface area contributed by atoms with Crippen molar-refractivity contribution in [3.8, 4) is 5.75 Å². The molecule has 6 heteroatoms. The SMILES string of the molecule is O=C(NC1CC1)[C@@H](Oc1ccc([N+](=O)[O-])cc1)c1ccccc1. The van der Waals surface area contributed by atoms with E-state index in [2.05, 4.69) is 5.32 Å². The Kier molecular flexibility index (Phi) is 4.23. The predicted molar refractivity (Wildman–Crippen MR) is 84.1 cm³/mol. The van der Waals surface area contributed by atoms with Crippen LogP contribution in [0.25, 0.3) is 0 Å². The Morgan fingerprint density at radius 1 is 1.13 bits per heavy atom. The molecule has 0 unspecified atom stereocenters. The molecule has 118 valence electrons. The van der Waals surface area contributed by atoms with Gasteiger partial charge in [-0.1, -0.05) is 30.3 Å². The average Bonchev–Trinajstić information content (AvgIpc) is 3.37. The maximum Gasteiger partial charge on any atom is 0.269 e. The van der Waals surface area contributed by atoms with Gasteiger partial charge in [0, 0.05) is 23.7 Å². The highest BCUT2D eigenvalue weighted by atomic mass is 16.6. The zero-order valence-electron chi connectivity index (χ0n) is 12.3. The van der Waals surface area contributed by atoms with Crippen molar-refractivity contribution >= 4 is 11.6 Å². The van der Waals surface area contributed by atoms with Crippen molar-refractivity contribution < 1.29 is 14.5 Å². The van der Waals surface area contributed by atoms with Crippen LogP contribution in [0, 0.1) is 10.1 Å². The Balaban J connectivity index is 1.80. The van der Waals surface area contributed by atoms with Crippen molar-refractivity contribution in [2.45, 2.75) is 25.0 Å². The number of amides is 1. The number of carbonyl (C=O) groups is 1. The molecule has 1 saturated carbocycles. The van der Waals surface area contributed by atoms with E-state index in [1.807, 2.05) is 30.3 Å². The largest absolute Gasteiger partial charge is 0.476 e. The van der Waals surface area contributed by atoms with Crippen molar-refractivity contribution in [3.63, 3.8) is 0 Å². The molecule has 3 rings (SSSR count). The molecule has 1 aliphatic rings. The quantitative estimate of drug-likeness (QED) is 0.656. The minimum absolute atomic E-state index is 0.0176. The molecule has 0 aliphatic heterocycles. The van der Waals surface area contributed by atoms with Crippen LogP contribution in [0.15, 0.2) is 54.6 Å². The number of nitrogens with one attached hydrogen (secondary N) is 1. The summed E-state index contributed by atoms with van der Waals surface area (Å²) in [5, 5.41) is 13.6. The fourth-order valence-corrected chi connectivity index (χ4v) is 2.19. The molecule has 2 aromatic carbocycles. The number of rotatable bonds is 6. The van der Waals surface area contributed by atoms with Crippen LogP contribution in [-0.4, -0.2) is 16.9 Å². The summed E-state index contributed by atoms with van der Waals surface area (Å²) >= 11 is 0. The molecule has 6 nitrogen and oxygen atoms in total. The first kappa shape index (κ1) is 15.0. The molecular weight excluding hydrogens is 296 g/mol. The molecule has 1 atom stereocenters. The van der Waals surface area contributed by atoms with E-state index in [0.717, 1.165) is 18.4 Å². The molecule has 1 fully saturated rings. The lowest BCUT2D eigenvalue weighted by atomic mass is 10.1. The van der Waals surface area contributed by atoms with Crippen molar-refractivity contribution in [1.29, 1.82) is 0 Å². The predicted octanol–water partition coefficient (Wildman–Crippen LogP) is 2.99. The lowest BCUT2D eigenvalue weighted by Crippen LogP contribution is -2.33. The summed E-state index contributed by atoms with van der Waals surface area (Å²) < 4.78 is 5.79. The number of nitrogens with zero attached hydrogens (tertiary/aromatic N) is 1. The fraction of sp³-hybridized carbons (Fsp3) is 0.235. The molecule has 0 aromatic heterocycles.